The maximum absolute atomic E-state index is 15.2. The lowest BCUT2D eigenvalue weighted by Crippen LogP contribution is -2.34. The van der Waals surface area contributed by atoms with Crippen molar-refractivity contribution in [3.8, 4) is 17.0 Å². The number of aromatic carboxylic acids is 1. The molecule has 9 heteroatoms. The van der Waals surface area contributed by atoms with Crippen LogP contribution in [0.5, 0.6) is 5.75 Å². The number of carbonyl (C=O) groups is 1. The third-order valence-electron chi connectivity index (χ3n) is 5.32. The van der Waals surface area contributed by atoms with Gasteiger partial charge in [-0.3, -0.25) is 4.79 Å². The number of pyridine rings is 1. The molecule has 1 aromatic heterocycles. The normalized spacial score (nSPS) is 15.0. The number of methoxy groups -OCH3 is 1. The fourth-order valence-corrected chi connectivity index (χ4v) is 3.99. The third-order valence-corrected chi connectivity index (χ3v) is 5.62. The zero-order chi connectivity index (χ0) is 22.2. The largest absolute Gasteiger partial charge is 0.492 e. The molecule has 0 radical (unpaired) electrons. The molecule has 2 heterocycles. The second-order valence-corrected chi connectivity index (χ2v) is 8.87. The van der Waals surface area contributed by atoms with Crippen LogP contribution in [0.3, 0.4) is 0 Å². The van der Waals surface area contributed by atoms with Gasteiger partial charge >= 0.3 is 5.97 Å². The van der Waals surface area contributed by atoms with E-state index in [9.17, 15) is 14.7 Å². The van der Waals surface area contributed by atoms with Gasteiger partial charge in [0, 0.05) is 37.9 Å². The summed E-state index contributed by atoms with van der Waals surface area (Å²) >= 11 is 6.38. The molecule has 1 aromatic carbocycles. The number of halogens is 2. The van der Waals surface area contributed by atoms with E-state index in [2.05, 4.69) is 0 Å². The zero-order valence-electron chi connectivity index (χ0n) is 17.9. The number of rotatable bonds is 6. The molecule has 1 atom stereocenters. The summed E-state index contributed by atoms with van der Waals surface area (Å²) in [5.41, 5.74) is -0.732. The number of fused-ring (bicyclic) bond motifs is 3. The molecule has 6 nitrogen and oxygen atoms in total. The van der Waals surface area contributed by atoms with Crippen molar-refractivity contribution in [2.75, 3.05) is 20.3 Å². The van der Waals surface area contributed by atoms with Crippen molar-refractivity contribution in [1.29, 1.82) is 0 Å². The van der Waals surface area contributed by atoms with Crippen LogP contribution in [0.25, 0.3) is 11.3 Å². The van der Waals surface area contributed by atoms with Gasteiger partial charge in [0.25, 0.3) is 0 Å². The predicted molar refractivity (Wildman–Crippen MR) is 123 cm³/mol. The van der Waals surface area contributed by atoms with Gasteiger partial charge in [-0.1, -0.05) is 32.4 Å². The molecule has 0 saturated carbocycles. The standard InChI is InChI=1S/C22H25ClFNO5.H2S/c1-22(2,3)17-9-12-8-16(30-7-5-6-29-4)15(23)10-13(12)19-18(24)20(26)14(21(27)28)11-25(17)19;/h8,10-11,17H,5-7,9H2,1-4H3,(H,27,28);1H2/t17-;/m0./s1. The van der Waals surface area contributed by atoms with Gasteiger partial charge in [-0.2, -0.15) is 13.5 Å². The van der Waals surface area contributed by atoms with Gasteiger partial charge in [-0.25, -0.2) is 9.18 Å². The molecule has 0 amide bonds. The number of carboxylic acids is 1. The molecule has 0 unspecified atom stereocenters. The van der Waals surface area contributed by atoms with Crippen LogP contribution in [-0.4, -0.2) is 36.0 Å². The smallest absolute Gasteiger partial charge is 0.341 e. The molecule has 2 aromatic rings. The number of hydrogen-bond donors (Lipinski definition) is 1. The summed E-state index contributed by atoms with van der Waals surface area (Å²) in [6, 6.07) is 3.09. The minimum atomic E-state index is -1.45. The van der Waals surface area contributed by atoms with Crippen molar-refractivity contribution >= 4 is 31.1 Å². The van der Waals surface area contributed by atoms with Gasteiger partial charge in [0.05, 0.1) is 17.3 Å². The fourth-order valence-electron chi connectivity index (χ4n) is 3.77. The average Bonchev–Trinajstić information content (AvgIpc) is 2.66. The molecule has 0 spiro atoms. The Labute approximate surface area is 192 Å². The van der Waals surface area contributed by atoms with Gasteiger partial charge in [-0.05, 0) is 29.5 Å². The van der Waals surface area contributed by atoms with Crippen LogP contribution in [0.15, 0.2) is 23.1 Å². The molecule has 1 N–H and O–H groups in total. The van der Waals surface area contributed by atoms with Crippen LogP contribution < -0.4 is 10.2 Å². The molecule has 0 aliphatic carbocycles. The Kier molecular flexibility index (Phi) is 7.84. The molecule has 1 aliphatic rings. The number of hydrogen-bond acceptors (Lipinski definition) is 4. The molecule has 31 heavy (non-hydrogen) atoms. The Bertz CT molecular complexity index is 1050. The number of benzene rings is 1. The lowest BCUT2D eigenvalue weighted by atomic mass is 9.78. The number of ether oxygens (including phenoxy) is 2. The second-order valence-electron chi connectivity index (χ2n) is 8.47. The van der Waals surface area contributed by atoms with Gasteiger partial charge in [0.15, 0.2) is 5.82 Å². The Morgan fingerprint density at radius 1 is 1.32 bits per heavy atom. The highest BCUT2D eigenvalue weighted by molar-refractivity contribution is 7.59. The first-order valence-electron chi connectivity index (χ1n) is 9.68. The predicted octanol–water partition coefficient (Wildman–Crippen LogP) is 4.68. The van der Waals surface area contributed by atoms with E-state index < -0.39 is 22.8 Å². The number of aromatic nitrogens is 1. The van der Waals surface area contributed by atoms with Crippen molar-refractivity contribution in [3.63, 3.8) is 0 Å². The minimum absolute atomic E-state index is 0. The third kappa shape index (κ3) is 4.91. The maximum atomic E-state index is 15.2. The highest BCUT2D eigenvalue weighted by Gasteiger charge is 2.36. The summed E-state index contributed by atoms with van der Waals surface area (Å²) in [5, 5.41) is 9.64. The first-order chi connectivity index (χ1) is 14.1. The summed E-state index contributed by atoms with van der Waals surface area (Å²) in [7, 11) is 1.61. The molecule has 0 saturated heterocycles. The quantitative estimate of drug-likeness (QED) is 0.619. The van der Waals surface area contributed by atoms with E-state index >= 15 is 4.39 Å². The molecule has 0 fully saturated rings. The summed E-state index contributed by atoms with van der Waals surface area (Å²) in [6.07, 6.45) is 2.45. The van der Waals surface area contributed by atoms with Crippen molar-refractivity contribution < 1.29 is 23.8 Å². The monoisotopic (exact) mass is 471 g/mol. The Morgan fingerprint density at radius 3 is 2.58 bits per heavy atom. The Morgan fingerprint density at radius 2 is 2.00 bits per heavy atom. The highest BCUT2D eigenvalue weighted by atomic mass is 35.5. The van der Waals surface area contributed by atoms with Gasteiger partial charge in [0.1, 0.15) is 11.3 Å². The van der Waals surface area contributed by atoms with Gasteiger partial charge < -0.3 is 19.1 Å². The van der Waals surface area contributed by atoms with Crippen LogP contribution in [0.4, 0.5) is 4.39 Å². The Balaban J connectivity index is 0.00000341. The summed E-state index contributed by atoms with van der Waals surface area (Å²) < 4.78 is 27.5. The molecule has 1 aliphatic heterocycles. The van der Waals surface area contributed by atoms with Crippen LogP contribution in [0.1, 0.15) is 49.2 Å². The average molecular weight is 472 g/mol. The second kappa shape index (κ2) is 9.63. The van der Waals surface area contributed by atoms with Crippen molar-refractivity contribution in [1.82, 2.24) is 4.57 Å². The first-order valence-corrected chi connectivity index (χ1v) is 10.1. The van der Waals surface area contributed by atoms with E-state index in [1.165, 1.54) is 6.20 Å². The lowest BCUT2D eigenvalue weighted by molar-refractivity contribution is 0.0692. The number of carboxylic acid groups (broad SMARTS) is 1. The van der Waals surface area contributed by atoms with Crippen LogP contribution in [0, 0.1) is 11.2 Å². The van der Waals surface area contributed by atoms with E-state index in [1.807, 2.05) is 20.8 Å². The Hall–Kier alpha value is -2.03. The summed E-state index contributed by atoms with van der Waals surface area (Å²) in [6.45, 7) is 6.94. The zero-order valence-corrected chi connectivity index (χ0v) is 19.7. The van der Waals surface area contributed by atoms with E-state index in [-0.39, 0.29) is 30.6 Å². The van der Waals surface area contributed by atoms with Gasteiger partial charge in [0.2, 0.25) is 5.43 Å². The molecule has 3 rings (SSSR count). The summed E-state index contributed by atoms with van der Waals surface area (Å²) in [4.78, 5) is 23.8. The minimum Gasteiger partial charge on any atom is -0.492 e. The van der Waals surface area contributed by atoms with Crippen LogP contribution >= 0.6 is 25.1 Å². The van der Waals surface area contributed by atoms with E-state index in [0.29, 0.717) is 42.4 Å². The van der Waals surface area contributed by atoms with Crippen LogP contribution in [-0.2, 0) is 11.2 Å². The van der Waals surface area contributed by atoms with E-state index in [4.69, 9.17) is 21.1 Å². The van der Waals surface area contributed by atoms with Crippen LogP contribution in [0.2, 0.25) is 5.02 Å². The summed E-state index contributed by atoms with van der Waals surface area (Å²) in [5.74, 6) is -2.06. The van der Waals surface area contributed by atoms with Crippen molar-refractivity contribution in [2.45, 2.75) is 39.7 Å². The van der Waals surface area contributed by atoms with E-state index in [1.54, 1.807) is 23.8 Å². The fraction of sp³-hybridized carbons (Fsp3) is 0.455. The molecule has 0 bridgehead atoms. The maximum Gasteiger partial charge on any atom is 0.341 e. The molecular formula is C22H27ClFNO5S. The molecular weight excluding hydrogens is 445 g/mol. The van der Waals surface area contributed by atoms with Crippen molar-refractivity contribution in [3.05, 3.63) is 50.5 Å². The first kappa shape index (κ1) is 25.2. The SMILES string of the molecule is COCCCOc1cc2c(cc1Cl)-c1c(F)c(=O)c(C(=O)O)cn1[C@H](C(C)(C)C)C2.S. The van der Waals surface area contributed by atoms with E-state index in [0.717, 1.165) is 5.56 Å². The van der Waals surface area contributed by atoms with Crippen molar-refractivity contribution in [2.24, 2.45) is 5.41 Å². The number of nitrogens with zero attached hydrogens (tertiary/aromatic N) is 1. The van der Waals surface area contributed by atoms with Gasteiger partial charge in [-0.15, -0.1) is 0 Å². The molecule has 170 valence electrons. The highest BCUT2D eigenvalue weighted by Crippen LogP contribution is 2.45. The lowest BCUT2D eigenvalue weighted by Gasteiger charge is -2.39. The topological polar surface area (TPSA) is 77.8 Å².